The molecule has 1 aliphatic heterocycles. The highest BCUT2D eigenvalue weighted by atomic mass is 19.3. The summed E-state index contributed by atoms with van der Waals surface area (Å²) in [5.41, 5.74) is -0.0416. The van der Waals surface area contributed by atoms with Crippen LogP contribution in [-0.4, -0.2) is 46.6 Å². The smallest absolute Gasteiger partial charge is 0.264 e. The molecule has 3 heterocycles. The van der Waals surface area contributed by atoms with Crippen molar-refractivity contribution in [3.8, 4) is 5.69 Å². The number of ether oxygens (including phenoxy) is 1. The van der Waals surface area contributed by atoms with Gasteiger partial charge >= 0.3 is 0 Å². The second-order valence-electron chi connectivity index (χ2n) is 7.60. The van der Waals surface area contributed by atoms with Gasteiger partial charge in [0, 0.05) is 38.4 Å². The van der Waals surface area contributed by atoms with E-state index in [0.717, 1.165) is 31.0 Å². The van der Waals surface area contributed by atoms with Crippen LogP contribution in [0.1, 0.15) is 24.8 Å². The SMILES string of the molecule is COCC1CCN(c2cc(C(F)F)cc(Nc3ncn(-c4cc(F)cc(F)c4)n3)n2)CC1. The van der Waals surface area contributed by atoms with Crippen LogP contribution in [0, 0.1) is 17.6 Å². The fourth-order valence-corrected chi connectivity index (χ4v) is 3.68. The molecular formula is C21H22F4N6O. The number of alkyl halides is 2. The molecular weight excluding hydrogens is 428 g/mol. The Kier molecular flexibility index (Phi) is 6.54. The molecule has 7 nitrogen and oxygen atoms in total. The number of rotatable bonds is 7. The van der Waals surface area contributed by atoms with Crippen molar-refractivity contribution < 1.29 is 22.3 Å². The molecule has 3 aromatic rings. The van der Waals surface area contributed by atoms with Gasteiger partial charge in [-0.3, -0.25) is 0 Å². The molecule has 2 aromatic heterocycles. The molecule has 1 N–H and O–H groups in total. The Labute approximate surface area is 182 Å². The standard InChI is InChI=1S/C21H22F4N6O/c1-32-11-13-2-4-30(5-3-13)19-7-14(20(24)25)6-18(27-19)28-21-26-12-31(29-21)17-9-15(22)8-16(23)10-17/h6-10,12-13,20H,2-5,11H2,1H3,(H,27,28,29). The number of nitrogens with zero attached hydrogens (tertiary/aromatic N) is 5. The van der Waals surface area contributed by atoms with Gasteiger partial charge in [0.05, 0.1) is 5.69 Å². The van der Waals surface area contributed by atoms with Crippen molar-refractivity contribution in [1.29, 1.82) is 0 Å². The highest BCUT2D eigenvalue weighted by Gasteiger charge is 2.22. The first-order valence-electron chi connectivity index (χ1n) is 10.1. The quantitative estimate of drug-likeness (QED) is 0.536. The molecule has 1 aromatic carbocycles. The summed E-state index contributed by atoms with van der Waals surface area (Å²) in [5, 5.41) is 6.92. The molecule has 11 heteroatoms. The molecule has 1 fully saturated rings. The monoisotopic (exact) mass is 450 g/mol. The number of hydrogen-bond donors (Lipinski definition) is 1. The Morgan fingerprint density at radius 2 is 1.81 bits per heavy atom. The zero-order valence-electron chi connectivity index (χ0n) is 17.3. The molecule has 0 unspecified atom stereocenters. The van der Waals surface area contributed by atoms with Crippen LogP contribution in [0.25, 0.3) is 5.69 Å². The van der Waals surface area contributed by atoms with Crippen LogP contribution in [0.3, 0.4) is 0 Å². The number of halogens is 4. The molecule has 170 valence electrons. The fourth-order valence-electron chi connectivity index (χ4n) is 3.68. The van der Waals surface area contributed by atoms with Crippen molar-refractivity contribution >= 4 is 17.6 Å². The number of hydrogen-bond acceptors (Lipinski definition) is 6. The molecule has 0 radical (unpaired) electrons. The molecule has 1 saturated heterocycles. The van der Waals surface area contributed by atoms with Gasteiger partial charge in [-0.2, -0.15) is 4.98 Å². The number of benzene rings is 1. The van der Waals surface area contributed by atoms with Gasteiger partial charge < -0.3 is 15.0 Å². The highest BCUT2D eigenvalue weighted by Crippen LogP contribution is 2.29. The first kappa shape index (κ1) is 22.0. The summed E-state index contributed by atoms with van der Waals surface area (Å²) >= 11 is 0. The molecule has 0 spiro atoms. The maximum absolute atomic E-state index is 13.5. The van der Waals surface area contributed by atoms with Gasteiger partial charge in [-0.15, -0.1) is 5.10 Å². The summed E-state index contributed by atoms with van der Waals surface area (Å²) < 4.78 is 60.3. The Bertz CT molecular complexity index is 1050. The van der Waals surface area contributed by atoms with Gasteiger partial charge in [0.2, 0.25) is 5.95 Å². The van der Waals surface area contributed by atoms with E-state index in [9.17, 15) is 17.6 Å². The van der Waals surface area contributed by atoms with Crippen molar-refractivity contribution in [2.75, 3.05) is 37.0 Å². The lowest BCUT2D eigenvalue weighted by Crippen LogP contribution is -2.35. The molecule has 1 aliphatic rings. The van der Waals surface area contributed by atoms with E-state index in [-0.39, 0.29) is 23.0 Å². The van der Waals surface area contributed by atoms with E-state index < -0.39 is 18.1 Å². The second kappa shape index (κ2) is 9.51. The first-order chi connectivity index (χ1) is 15.4. The third kappa shape index (κ3) is 5.16. The number of aromatic nitrogens is 4. The van der Waals surface area contributed by atoms with Crippen molar-refractivity contribution in [1.82, 2.24) is 19.7 Å². The van der Waals surface area contributed by atoms with Gasteiger partial charge in [-0.1, -0.05) is 0 Å². The van der Waals surface area contributed by atoms with Crippen LogP contribution in [0.5, 0.6) is 0 Å². The summed E-state index contributed by atoms with van der Waals surface area (Å²) in [6.07, 6.45) is 0.347. The lowest BCUT2D eigenvalue weighted by molar-refractivity contribution is 0.139. The summed E-state index contributed by atoms with van der Waals surface area (Å²) in [6, 6.07) is 5.56. The molecule has 0 aliphatic carbocycles. The molecule has 32 heavy (non-hydrogen) atoms. The number of anilines is 3. The number of pyridine rings is 1. The van der Waals surface area contributed by atoms with Crippen LogP contribution in [0.15, 0.2) is 36.7 Å². The topological polar surface area (TPSA) is 68.1 Å². The Balaban J connectivity index is 1.54. The summed E-state index contributed by atoms with van der Waals surface area (Å²) in [6.45, 7) is 2.05. The summed E-state index contributed by atoms with van der Waals surface area (Å²) in [4.78, 5) is 10.5. The maximum atomic E-state index is 13.5. The van der Waals surface area contributed by atoms with Gasteiger partial charge in [0.15, 0.2) is 0 Å². The number of methoxy groups -OCH3 is 1. The van der Waals surface area contributed by atoms with Gasteiger partial charge in [0.1, 0.15) is 29.6 Å². The van der Waals surface area contributed by atoms with E-state index in [1.54, 1.807) is 7.11 Å². The van der Waals surface area contributed by atoms with E-state index in [4.69, 9.17) is 4.74 Å². The predicted molar refractivity (Wildman–Crippen MR) is 111 cm³/mol. The van der Waals surface area contributed by atoms with E-state index in [2.05, 4.69) is 20.4 Å². The molecule has 0 bridgehead atoms. The largest absolute Gasteiger partial charge is 0.384 e. The second-order valence-corrected chi connectivity index (χ2v) is 7.60. The maximum Gasteiger partial charge on any atom is 0.264 e. The zero-order chi connectivity index (χ0) is 22.7. The lowest BCUT2D eigenvalue weighted by Gasteiger charge is -2.32. The van der Waals surface area contributed by atoms with Crippen LogP contribution in [0.4, 0.5) is 35.1 Å². The van der Waals surface area contributed by atoms with Crippen LogP contribution >= 0.6 is 0 Å². The lowest BCUT2D eigenvalue weighted by atomic mass is 9.98. The molecule has 0 atom stereocenters. The minimum atomic E-state index is -2.68. The van der Waals surface area contributed by atoms with Crippen molar-refractivity contribution in [2.24, 2.45) is 5.92 Å². The molecule has 4 rings (SSSR count). The Morgan fingerprint density at radius 3 is 2.47 bits per heavy atom. The third-order valence-electron chi connectivity index (χ3n) is 5.27. The minimum Gasteiger partial charge on any atom is -0.384 e. The van der Waals surface area contributed by atoms with Crippen LogP contribution in [-0.2, 0) is 4.74 Å². The number of piperidine rings is 1. The fraction of sp³-hybridized carbons (Fsp3) is 0.381. The van der Waals surface area contributed by atoms with Crippen molar-refractivity contribution in [3.05, 3.63) is 53.9 Å². The van der Waals surface area contributed by atoms with E-state index in [1.807, 2.05) is 4.90 Å². The third-order valence-corrected chi connectivity index (χ3v) is 5.27. The average molecular weight is 450 g/mol. The normalized spacial score (nSPS) is 14.9. The molecule has 0 saturated carbocycles. The first-order valence-corrected chi connectivity index (χ1v) is 10.1. The van der Waals surface area contributed by atoms with E-state index in [1.165, 1.54) is 23.1 Å². The zero-order valence-corrected chi connectivity index (χ0v) is 17.3. The number of nitrogens with one attached hydrogen (secondary N) is 1. The summed E-state index contributed by atoms with van der Waals surface area (Å²) in [7, 11) is 1.66. The van der Waals surface area contributed by atoms with E-state index in [0.29, 0.717) is 31.4 Å². The average Bonchev–Trinajstić information content (AvgIpc) is 3.22. The predicted octanol–water partition coefficient (Wildman–Crippen LogP) is 4.48. The van der Waals surface area contributed by atoms with Crippen molar-refractivity contribution in [3.63, 3.8) is 0 Å². The van der Waals surface area contributed by atoms with Gasteiger partial charge in [-0.25, -0.2) is 27.2 Å². The van der Waals surface area contributed by atoms with E-state index >= 15 is 0 Å². The van der Waals surface area contributed by atoms with Crippen molar-refractivity contribution in [2.45, 2.75) is 19.3 Å². The Hall–Kier alpha value is -3.21. The summed E-state index contributed by atoms with van der Waals surface area (Å²) in [5.74, 6) is -0.426. The highest BCUT2D eigenvalue weighted by molar-refractivity contribution is 5.55. The molecule has 0 amide bonds. The van der Waals surface area contributed by atoms with Gasteiger partial charge in [0.25, 0.3) is 6.43 Å². The minimum absolute atomic E-state index is 0.0540. The van der Waals surface area contributed by atoms with Gasteiger partial charge in [-0.05, 0) is 43.0 Å². The van der Waals surface area contributed by atoms with Crippen LogP contribution < -0.4 is 10.2 Å². The Morgan fingerprint density at radius 1 is 1.09 bits per heavy atom. The van der Waals surface area contributed by atoms with Crippen LogP contribution in [0.2, 0.25) is 0 Å².